The second kappa shape index (κ2) is 33.4. The summed E-state index contributed by atoms with van der Waals surface area (Å²) in [5.74, 6) is -12.8. The number of carbonyl (C=O) groups excluding carboxylic acids is 8. The largest absolute Gasteiger partial charge is 1.00 e. The van der Waals surface area contributed by atoms with E-state index in [0.717, 1.165) is 43.7 Å². The minimum absolute atomic E-state index is 0. The van der Waals surface area contributed by atoms with E-state index in [0.29, 0.717) is 60.5 Å². The number of rotatable bonds is 20. The van der Waals surface area contributed by atoms with Gasteiger partial charge >= 0.3 is 29.6 Å². The van der Waals surface area contributed by atoms with E-state index < -0.39 is 198 Å². The number of unbranched alkanes of at least 4 members (excludes halogenated alkanes) is 4. The third kappa shape index (κ3) is 19.5. The minimum Gasteiger partial charge on any atom is -0.716 e. The van der Waals surface area contributed by atoms with E-state index in [9.17, 15) is 97.3 Å². The fourth-order valence-corrected chi connectivity index (χ4v) is 11.6. The van der Waals surface area contributed by atoms with Crippen molar-refractivity contribution in [1.82, 2.24) is 41.4 Å². The first kappa shape index (κ1) is 75.0. The molecule has 4 aliphatic heterocycles. The van der Waals surface area contributed by atoms with Crippen molar-refractivity contribution in [1.29, 1.82) is 0 Å². The molecule has 7 rings (SSSR count). The summed E-state index contributed by atoms with van der Waals surface area (Å²) < 4.78 is 44.5. The predicted molar refractivity (Wildman–Crippen MR) is 319 cm³/mol. The smallest absolute Gasteiger partial charge is 0.716 e. The van der Waals surface area contributed by atoms with Crippen LogP contribution >= 0.6 is 0 Å². The Morgan fingerprint density at radius 3 is 2.03 bits per heavy atom. The molecule has 15 atom stereocenters. The zero-order valence-corrected chi connectivity index (χ0v) is 54.4. The van der Waals surface area contributed by atoms with Crippen molar-refractivity contribution in [2.45, 2.75) is 157 Å². The van der Waals surface area contributed by atoms with Crippen LogP contribution in [-0.4, -0.2) is 246 Å². The molecule has 506 valence electrons. The van der Waals surface area contributed by atoms with Crippen molar-refractivity contribution in [3.05, 3.63) is 71.9 Å². The number of nitrogens with zero attached hydrogens (tertiary/aromatic N) is 5. The molecule has 3 aromatic rings. The van der Waals surface area contributed by atoms with E-state index in [-0.39, 0.29) is 35.1 Å². The maximum Gasteiger partial charge on any atom is 1.00 e. The number of primary amides is 1. The number of aromatic hydroxyl groups is 1. The molecule has 4 saturated heterocycles. The summed E-state index contributed by atoms with van der Waals surface area (Å²) in [5, 5.41) is 112. The normalized spacial score (nSPS) is 26.7. The van der Waals surface area contributed by atoms with Crippen molar-refractivity contribution >= 4 is 69.2 Å². The summed E-state index contributed by atoms with van der Waals surface area (Å²) in [7, 11) is -5.60. The maximum absolute atomic E-state index is 14.7. The van der Waals surface area contributed by atoms with Crippen LogP contribution < -0.4 is 80.6 Å². The molecule has 0 radical (unpaired) electrons. The molecule has 33 nitrogen and oxygen atoms in total. The Balaban J connectivity index is 0.0000137. The molecule has 8 amide bonds. The van der Waals surface area contributed by atoms with Gasteiger partial charge in [0.1, 0.15) is 66.1 Å². The summed E-state index contributed by atoms with van der Waals surface area (Å²) in [5.41, 5.74) is 5.60. The zero-order valence-electron chi connectivity index (χ0n) is 51.6. The van der Waals surface area contributed by atoms with Crippen molar-refractivity contribution in [3.63, 3.8) is 0 Å². The molecule has 0 saturated carbocycles. The van der Waals surface area contributed by atoms with Gasteiger partial charge in [-0.05, 0) is 67.4 Å². The number of ether oxygens (including phenoxy) is 1. The van der Waals surface area contributed by atoms with Gasteiger partial charge in [-0.1, -0.05) is 45.6 Å². The molecule has 1 aromatic heterocycles. The number of phenolic OH excluding ortho intramolecular Hbond substituents is 1. The molecule has 16 N–H and O–H groups in total. The molecule has 4 aliphatic rings. The molecule has 35 heteroatoms. The number of nitrogens with one attached hydrogen (secondary N) is 5. The van der Waals surface area contributed by atoms with Crippen molar-refractivity contribution in [2.75, 3.05) is 55.7 Å². The van der Waals surface area contributed by atoms with Crippen LogP contribution in [0.3, 0.4) is 0 Å². The van der Waals surface area contributed by atoms with Crippen LogP contribution in [0.15, 0.2) is 60.8 Å². The summed E-state index contributed by atoms with van der Waals surface area (Å²) in [6.45, 7) is 6.22. The fourth-order valence-electron chi connectivity index (χ4n) is 11.3. The minimum atomic E-state index is -5.60. The second-order valence-corrected chi connectivity index (χ2v) is 24.3. The second-order valence-electron chi connectivity index (χ2n) is 23.3. The number of nitrogens with two attached hydrogens (primary N) is 1. The first-order chi connectivity index (χ1) is 43.5. The van der Waals surface area contributed by atoms with E-state index in [1.54, 1.807) is 6.07 Å². The number of anilines is 2. The molecule has 0 spiro atoms. The topological polar surface area (TPSA) is 506 Å². The van der Waals surface area contributed by atoms with Crippen LogP contribution in [-0.2, 0) is 44.0 Å². The number of phenols is 1. The Morgan fingerprint density at radius 2 is 1.41 bits per heavy atom. The quantitative estimate of drug-likeness (QED) is 0.0216. The van der Waals surface area contributed by atoms with Crippen LogP contribution in [0.4, 0.5) is 11.5 Å². The van der Waals surface area contributed by atoms with Crippen molar-refractivity contribution < 1.29 is 136 Å². The van der Waals surface area contributed by atoms with E-state index >= 15 is 0 Å². The Kier molecular flexibility index (Phi) is 26.9. The molecular formula is C58H80N11NaO22S. The monoisotopic (exact) mass is 1340 g/mol. The average Bonchev–Trinajstić information content (AvgIpc) is 1.73. The molecular weight excluding hydrogens is 1260 g/mol. The van der Waals surface area contributed by atoms with Crippen molar-refractivity contribution in [2.24, 2.45) is 11.7 Å². The maximum atomic E-state index is 14.7. The molecule has 0 bridgehead atoms. The predicted octanol–water partition coefficient (Wildman–Crippen LogP) is -8.06. The van der Waals surface area contributed by atoms with Crippen LogP contribution in [0.2, 0.25) is 0 Å². The SMILES string of the molecule is CCCCCCCOc1ccc(N2CCN(c3ccc(C(=O)N[C@H]4C[C@@H](O)[C@@H](O)NC(=O)[C@@H]5[C@@H](O)[C@@H](C)CN5C(=O)[C@H]([C@H](O)CC(N)=O)NC(=O)[C@H]([C@H](O)[C@@H](O)c5ccc(O)c(OS(=O)(=O)[O-])c5)NC(=O)[C@@H]5C[C@@H](O)CN5C(=O)C([C@@H](C)O)NC4=O)cn3)CC2)cc1.[Na+]. The van der Waals surface area contributed by atoms with Gasteiger partial charge in [-0.25, -0.2) is 13.4 Å². The molecule has 2 aromatic carbocycles. The van der Waals surface area contributed by atoms with Crippen LogP contribution in [0.5, 0.6) is 17.2 Å². The third-order valence-corrected chi connectivity index (χ3v) is 16.8. The van der Waals surface area contributed by atoms with E-state index in [4.69, 9.17) is 10.5 Å². The van der Waals surface area contributed by atoms with Crippen LogP contribution in [0.1, 0.15) is 94.2 Å². The number of aromatic nitrogens is 1. The number of amides is 8. The number of aliphatic hydroxyl groups is 8. The molecule has 5 heterocycles. The number of aliphatic hydroxyl groups excluding tert-OH is 8. The van der Waals surface area contributed by atoms with E-state index in [2.05, 4.69) is 36.9 Å². The van der Waals surface area contributed by atoms with Crippen LogP contribution in [0, 0.1) is 5.92 Å². The van der Waals surface area contributed by atoms with Gasteiger partial charge in [-0.3, -0.25) is 38.4 Å². The van der Waals surface area contributed by atoms with E-state index in [1.807, 2.05) is 39.8 Å². The van der Waals surface area contributed by atoms with Crippen LogP contribution in [0.25, 0.3) is 0 Å². The number of carbonyl (C=O) groups is 8. The Hall–Kier alpha value is -7.06. The standard InChI is InChI=1S/C58H81N11O22S.Na/c1-4-5-6-7-8-21-90-35-13-11-33(12-14-35)66-17-19-67(20-18-66)43-16-10-32(26-60-43)51(79)61-36-24-40(74)54(82)65-56(84)47-48(76)29(2)27-69(47)58(86)45(39(73)25-42(59)75)63-55(83)46(50(78)49(77)31-9-15-38(72)41(22-31)91-92(87,88)89)64-53(81)37-23-34(71)28-68(37)57(85)44(30(3)70)62-52(36)80;/h9-16,22,26,29-30,34,36-37,39-40,44-50,54,70-74,76-78,82H,4-8,17-21,23-25,27-28H2,1-3H3,(H2,59,75)(H,61,79)(H,62,80)(H,63,83)(H,64,81)(H,65,84)(H,87,88,89);/q;+1/p-1/t29-,30+,34+,36-,37-,39+,40+,44?,45-,46-,47-,48-,49-,50-,54+;/m0./s1. The van der Waals surface area contributed by atoms with Gasteiger partial charge in [-0.15, -0.1) is 0 Å². The van der Waals surface area contributed by atoms with Gasteiger partial charge in [0.2, 0.25) is 41.4 Å². The van der Waals surface area contributed by atoms with Gasteiger partial charge < -0.3 is 111 Å². The van der Waals surface area contributed by atoms with Gasteiger partial charge in [0.15, 0.2) is 17.7 Å². The van der Waals surface area contributed by atoms with Gasteiger partial charge in [0.25, 0.3) is 16.3 Å². The first-order valence-electron chi connectivity index (χ1n) is 30.0. The number of benzene rings is 2. The first-order valence-corrected chi connectivity index (χ1v) is 31.3. The number of pyridine rings is 1. The number of fused-ring (bicyclic) bond motifs is 2. The summed E-state index contributed by atoms with van der Waals surface area (Å²) >= 11 is 0. The zero-order chi connectivity index (χ0) is 67.5. The molecule has 4 fully saturated rings. The third-order valence-electron chi connectivity index (χ3n) is 16.4. The Morgan fingerprint density at radius 1 is 0.774 bits per heavy atom. The Bertz CT molecular complexity index is 3220. The van der Waals surface area contributed by atoms with Gasteiger partial charge in [0.05, 0.1) is 43.0 Å². The fraction of sp³-hybridized carbons (Fsp3) is 0.569. The number of hydrogen-bond acceptors (Lipinski definition) is 25. The average molecular weight is 1340 g/mol. The summed E-state index contributed by atoms with van der Waals surface area (Å²) in [6.07, 6.45) is -13.4. The number of hydrogen-bond donors (Lipinski definition) is 15. The van der Waals surface area contributed by atoms with Gasteiger partial charge in [-0.2, -0.15) is 0 Å². The molecule has 1 unspecified atom stereocenters. The summed E-state index contributed by atoms with van der Waals surface area (Å²) in [6, 6.07) is -0.224. The molecule has 93 heavy (non-hydrogen) atoms. The Labute approximate surface area is 557 Å². The number of piperazine rings is 1. The van der Waals surface area contributed by atoms with E-state index in [1.165, 1.54) is 32.0 Å². The molecule has 0 aliphatic carbocycles. The van der Waals surface area contributed by atoms with Gasteiger partial charge in [0, 0.05) is 69.9 Å². The van der Waals surface area contributed by atoms with Crippen molar-refractivity contribution in [3.8, 4) is 17.2 Å². The summed E-state index contributed by atoms with van der Waals surface area (Å²) in [4.78, 5) is 123.